The number of nitrogens with zero attached hydrogens (tertiary/aromatic N) is 1. The quantitative estimate of drug-likeness (QED) is 0.167. The second-order valence-corrected chi connectivity index (χ2v) is 17.7. The summed E-state index contributed by atoms with van der Waals surface area (Å²) in [6, 6.07) is 76.9. The van der Waals surface area contributed by atoms with Crippen molar-refractivity contribution in [2.24, 2.45) is 0 Å². The molecule has 0 radical (unpaired) electrons. The maximum Gasteiger partial charge on any atom is 0.143 e. The minimum atomic E-state index is -0.232. The molecule has 0 atom stereocenters. The molecule has 0 saturated carbocycles. The van der Waals surface area contributed by atoms with E-state index in [1.165, 1.54) is 55.3 Å². The first-order chi connectivity index (χ1) is 31.4. The smallest absolute Gasteiger partial charge is 0.143 e. The third kappa shape index (κ3) is 5.67. The van der Waals surface area contributed by atoms with Gasteiger partial charge in [-0.1, -0.05) is 153 Å². The topological polar surface area (TPSA) is 29.5 Å². The fourth-order valence-corrected chi connectivity index (χ4v) is 10.3. The van der Waals surface area contributed by atoms with Gasteiger partial charge in [0.2, 0.25) is 0 Å². The maximum absolute atomic E-state index is 6.46. The Morgan fingerprint density at radius 3 is 1.64 bits per heavy atom. The molecule has 12 aromatic rings. The second-order valence-electron chi connectivity index (χ2n) is 17.7. The number of anilines is 3. The van der Waals surface area contributed by atoms with Crippen LogP contribution in [0.5, 0.6) is 0 Å². The molecular weight excluding hydrogens is 779 g/mol. The van der Waals surface area contributed by atoms with Gasteiger partial charge in [-0.2, -0.15) is 0 Å². The van der Waals surface area contributed by atoms with E-state index in [1.54, 1.807) is 0 Å². The highest BCUT2D eigenvalue weighted by molar-refractivity contribution is 6.10. The highest BCUT2D eigenvalue weighted by Gasteiger charge is 2.36. The van der Waals surface area contributed by atoms with E-state index in [4.69, 9.17) is 8.83 Å². The molecule has 0 saturated heterocycles. The molecule has 10 aromatic carbocycles. The molecule has 0 amide bonds. The van der Waals surface area contributed by atoms with Crippen molar-refractivity contribution in [1.29, 1.82) is 0 Å². The Bertz CT molecular complexity index is 3810. The molecule has 2 heterocycles. The zero-order chi connectivity index (χ0) is 42.5. The summed E-state index contributed by atoms with van der Waals surface area (Å²) < 4.78 is 12.6. The lowest BCUT2D eigenvalue weighted by Crippen LogP contribution is -2.16. The maximum atomic E-state index is 6.46. The third-order valence-electron chi connectivity index (χ3n) is 13.7. The van der Waals surface area contributed by atoms with Gasteiger partial charge in [-0.15, -0.1) is 0 Å². The van der Waals surface area contributed by atoms with Gasteiger partial charge in [0, 0.05) is 49.6 Å². The van der Waals surface area contributed by atoms with E-state index in [2.05, 4.69) is 207 Å². The Kier molecular flexibility index (Phi) is 7.95. The van der Waals surface area contributed by atoms with Gasteiger partial charge >= 0.3 is 0 Å². The second kappa shape index (κ2) is 13.9. The van der Waals surface area contributed by atoms with Crippen molar-refractivity contribution in [3.05, 3.63) is 223 Å². The van der Waals surface area contributed by atoms with E-state index in [0.29, 0.717) is 0 Å². The average molecular weight is 820 g/mol. The van der Waals surface area contributed by atoms with E-state index in [9.17, 15) is 0 Å². The molecule has 0 spiro atoms. The lowest BCUT2D eigenvalue weighted by atomic mass is 9.81. The summed E-state index contributed by atoms with van der Waals surface area (Å²) in [6.45, 7) is 4.74. The monoisotopic (exact) mass is 819 g/mol. The molecule has 0 fully saturated rings. The van der Waals surface area contributed by atoms with Crippen LogP contribution in [0.1, 0.15) is 25.0 Å². The molecule has 0 bridgehead atoms. The Morgan fingerprint density at radius 2 is 0.859 bits per heavy atom. The van der Waals surface area contributed by atoms with Crippen LogP contribution in [0.2, 0.25) is 0 Å². The number of furan rings is 2. The number of hydrogen-bond acceptors (Lipinski definition) is 3. The van der Waals surface area contributed by atoms with Crippen molar-refractivity contribution in [2.75, 3.05) is 4.90 Å². The fraction of sp³-hybridized carbons (Fsp3) is 0.0492. The predicted molar refractivity (Wildman–Crippen MR) is 267 cm³/mol. The standard InChI is InChI=1S/C61H41NO2/c1-61(2)55-36-44(43-25-33-59-54(35-43)52-13-6-7-16-57(52)63-59)24-31-49(55)50-32-30-47(37-56(50)61)62(45-26-20-39(21-27-45)42-19-18-38-10-3-4-11-41(38)34-42)46-28-22-40(23-29-46)48-14-9-15-53-51-12-5-8-17-58(51)64-60(48)53/h3-37H,1-2H3. The van der Waals surface area contributed by atoms with Gasteiger partial charge in [-0.3, -0.25) is 0 Å². The zero-order valence-corrected chi connectivity index (χ0v) is 35.5. The van der Waals surface area contributed by atoms with Crippen LogP contribution in [0.15, 0.2) is 221 Å². The first-order valence-corrected chi connectivity index (χ1v) is 22.1. The normalized spacial score (nSPS) is 13.0. The SMILES string of the molecule is CC1(C)c2cc(-c3ccc4oc5ccccc5c4c3)ccc2-c2ccc(N(c3ccc(-c4ccc5ccccc5c4)cc3)c3ccc(-c4cccc5c4oc4ccccc45)cc3)cc21. The average Bonchev–Trinajstić information content (AvgIpc) is 3.99. The van der Waals surface area contributed by atoms with Crippen molar-refractivity contribution in [2.45, 2.75) is 19.3 Å². The lowest BCUT2D eigenvalue weighted by molar-refractivity contribution is 0.660. The van der Waals surface area contributed by atoms with Crippen molar-refractivity contribution in [3.8, 4) is 44.5 Å². The number of rotatable bonds is 6. The van der Waals surface area contributed by atoms with Crippen LogP contribution < -0.4 is 4.90 Å². The summed E-state index contributed by atoms with van der Waals surface area (Å²) in [5, 5.41) is 7.04. The first kappa shape index (κ1) is 36.5. The summed E-state index contributed by atoms with van der Waals surface area (Å²) >= 11 is 0. The Hall–Kier alpha value is -8.14. The van der Waals surface area contributed by atoms with Crippen LogP contribution in [0.25, 0.3) is 99.2 Å². The van der Waals surface area contributed by atoms with Crippen LogP contribution in [-0.2, 0) is 5.41 Å². The van der Waals surface area contributed by atoms with Gasteiger partial charge in [0.15, 0.2) is 0 Å². The Labute approximate surface area is 371 Å². The van der Waals surface area contributed by atoms with E-state index >= 15 is 0 Å². The molecule has 0 unspecified atom stereocenters. The fourth-order valence-electron chi connectivity index (χ4n) is 10.3. The van der Waals surface area contributed by atoms with Crippen molar-refractivity contribution >= 4 is 71.7 Å². The predicted octanol–water partition coefficient (Wildman–Crippen LogP) is 17.4. The van der Waals surface area contributed by atoms with Crippen LogP contribution in [0.4, 0.5) is 17.1 Å². The highest BCUT2D eigenvalue weighted by Crippen LogP contribution is 2.52. The van der Waals surface area contributed by atoms with Gasteiger partial charge in [0.05, 0.1) is 0 Å². The Morgan fingerprint density at radius 1 is 0.328 bits per heavy atom. The lowest BCUT2D eigenvalue weighted by Gasteiger charge is -2.28. The third-order valence-corrected chi connectivity index (χ3v) is 13.7. The van der Waals surface area contributed by atoms with Gasteiger partial charge < -0.3 is 13.7 Å². The minimum absolute atomic E-state index is 0.232. The summed E-state index contributed by atoms with van der Waals surface area (Å²) in [5.74, 6) is 0. The van der Waals surface area contributed by atoms with E-state index < -0.39 is 0 Å². The number of hydrogen-bond donors (Lipinski definition) is 0. The van der Waals surface area contributed by atoms with E-state index in [-0.39, 0.29) is 5.41 Å². The molecule has 1 aliphatic carbocycles. The van der Waals surface area contributed by atoms with E-state index in [1.807, 2.05) is 24.3 Å². The molecule has 0 N–H and O–H groups in total. The molecule has 2 aromatic heterocycles. The molecule has 1 aliphatic rings. The molecule has 3 nitrogen and oxygen atoms in total. The molecule has 13 rings (SSSR count). The van der Waals surface area contributed by atoms with Crippen molar-refractivity contribution in [3.63, 3.8) is 0 Å². The molecule has 302 valence electrons. The summed E-state index contributed by atoms with van der Waals surface area (Å²) in [6.07, 6.45) is 0. The molecular formula is C61H41NO2. The Balaban J connectivity index is 0.900. The molecule has 0 aliphatic heterocycles. The van der Waals surface area contributed by atoms with Crippen molar-refractivity contribution in [1.82, 2.24) is 0 Å². The number of benzene rings is 10. The van der Waals surface area contributed by atoms with Crippen LogP contribution >= 0.6 is 0 Å². The molecule has 3 heteroatoms. The number of fused-ring (bicyclic) bond motifs is 10. The zero-order valence-electron chi connectivity index (χ0n) is 35.5. The van der Waals surface area contributed by atoms with Gasteiger partial charge in [0.1, 0.15) is 22.3 Å². The van der Waals surface area contributed by atoms with Crippen LogP contribution in [-0.4, -0.2) is 0 Å². The van der Waals surface area contributed by atoms with Crippen LogP contribution in [0, 0.1) is 0 Å². The largest absolute Gasteiger partial charge is 0.456 e. The molecule has 64 heavy (non-hydrogen) atoms. The van der Waals surface area contributed by atoms with Gasteiger partial charge in [-0.25, -0.2) is 0 Å². The van der Waals surface area contributed by atoms with E-state index in [0.717, 1.165) is 72.1 Å². The van der Waals surface area contributed by atoms with Gasteiger partial charge in [0.25, 0.3) is 0 Å². The van der Waals surface area contributed by atoms with Crippen LogP contribution in [0.3, 0.4) is 0 Å². The number of para-hydroxylation sites is 3. The minimum Gasteiger partial charge on any atom is -0.456 e. The summed E-state index contributed by atoms with van der Waals surface area (Å²) in [5.41, 5.74) is 18.9. The van der Waals surface area contributed by atoms with Crippen molar-refractivity contribution < 1.29 is 8.83 Å². The highest BCUT2D eigenvalue weighted by atomic mass is 16.3. The van der Waals surface area contributed by atoms with Gasteiger partial charge in [-0.05, 0) is 134 Å². The summed E-state index contributed by atoms with van der Waals surface area (Å²) in [4.78, 5) is 2.39. The summed E-state index contributed by atoms with van der Waals surface area (Å²) in [7, 11) is 0. The first-order valence-electron chi connectivity index (χ1n) is 22.1.